The molecule has 0 unspecified atom stereocenters. The smallest absolute Gasteiger partial charge is 0.0317 e. The summed E-state index contributed by atoms with van der Waals surface area (Å²) in [5, 5.41) is 0. The van der Waals surface area contributed by atoms with Gasteiger partial charge in [-0.05, 0) is 32.6 Å². The average Bonchev–Trinajstić information content (AvgIpc) is 2.98. The van der Waals surface area contributed by atoms with Gasteiger partial charge in [0.1, 0.15) is 0 Å². The van der Waals surface area contributed by atoms with Crippen molar-refractivity contribution in [3.8, 4) is 0 Å². The van der Waals surface area contributed by atoms with Crippen molar-refractivity contribution in [2.75, 3.05) is 0 Å². The molecule has 0 aromatic carbocycles. The third-order valence-corrected chi connectivity index (χ3v) is 9.23. The molecule has 0 aromatic heterocycles. The molecule has 0 radical (unpaired) electrons. The van der Waals surface area contributed by atoms with Crippen LogP contribution in [0.25, 0.3) is 0 Å². The highest BCUT2D eigenvalue weighted by molar-refractivity contribution is 5.12. The zero-order chi connectivity index (χ0) is 29.7. The zero-order valence-electron chi connectivity index (χ0n) is 29.3. The van der Waals surface area contributed by atoms with Crippen molar-refractivity contribution in [3.05, 3.63) is 23.8 Å². The lowest BCUT2D eigenvalue weighted by atomic mass is 9.98. The van der Waals surface area contributed by atoms with Gasteiger partial charge in [0.2, 0.25) is 0 Å². The van der Waals surface area contributed by atoms with Gasteiger partial charge in [-0.3, -0.25) is 0 Å². The molecule has 0 aromatic rings. The van der Waals surface area contributed by atoms with E-state index in [2.05, 4.69) is 39.0 Å². The third kappa shape index (κ3) is 35.6. The summed E-state index contributed by atoms with van der Waals surface area (Å²) in [6, 6.07) is 0. The van der Waals surface area contributed by atoms with E-state index in [0.29, 0.717) is 0 Å². The van der Waals surface area contributed by atoms with Crippen LogP contribution >= 0.6 is 0 Å². The van der Waals surface area contributed by atoms with Crippen LogP contribution in [-0.4, -0.2) is 0 Å². The molecule has 41 heavy (non-hydrogen) atoms. The normalized spacial score (nSPS) is 11.6. The maximum Gasteiger partial charge on any atom is -0.0317 e. The van der Waals surface area contributed by atoms with Crippen LogP contribution in [0, 0.1) is 0 Å². The first kappa shape index (κ1) is 40.5. The molecule has 0 saturated carbocycles. The first-order valence-corrected chi connectivity index (χ1v) is 19.7. The Morgan fingerprint density at radius 1 is 0.317 bits per heavy atom. The summed E-state index contributed by atoms with van der Waals surface area (Å²) in [6.45, 7) is 6.77. The number of hydrogen-bond donors (Lipinski definition) is 0. The van der Waals surface area contributed by atoms with Gasteiger partial charge in [0.05, 0.1) is 0 Å². The van der Waals surface area contributed by atoms with Crippen LogP contribution in [0.1, 0.15) is 239 Å². The van der Waals surface area contributed by atoms with Crippen LogP contribution in [-0.2, 0) is 0 Å². The third-order valence-electron chi connectivity index (χ3n) is 9.23. The molecule has 0 aliphatic carbocycles. The second-order valence-electron chi connectivity index (χ2n) is 13.5. The summed E-state index contributed by atoms with van der Waals surface area (Å²) in [4.78, 5) is 0. The Kier molecular flexibility index (Phi) is 37.0. The first-order chi connectivity index (χ1) is 20.3. The molecule has 0 aliphatic heterocycles. The van der Waals surface area contributed by atoms with Gasteiger partial charge in [0.15, 0.2) is 0 Å². The van der Waals surface area contributed by atoms with Crippen LogP contribution in [0.3, 0.4) is 0 Å². The molecule has 0 fully saturated rings. The van der Waals surface area contributed by atoms with E-state index in [0.717, 1.165) is 0 Å². The lowest BCUT2D eigenvalue weighted by molar-refractivity contribution is 0.526. The van der Waals surface area contributed by atoms with Crippen LogP contribution in [0.2, 0.25) is 0 Å². The molecule has 0 bridgehead atoms. The monoisotopic (exact) mass is 573 g/mol. The Hall–Kier alpha value is -0.520. The summed E-state index contributed by atoms with van der Waals surface area (Å²) in [6.07, 6.45) is 56.2. The molecular formula is C41H80. The lowest BCUT2D eigenvalue weighted by Crippen LogP contribution is -1.88. The molecule has 0 nitrogen and oxygen atoms in total. The fourth-order valence-corrected chi connectivity index (χ4v) is 6.32. The standard InChI is InChI=1S/C41H80/c1-4-7-10-12-14-16-18-20-22-24-26-28-30-32-34-36-39-41(38-9-6-3)40-37-35-33-31-29-27-25-23-21-19-17-15-13-11-8-5-2/h6,9,38H,4-5,7-8,10-37,39-40H2,1-3H3. The minimum absolute atomic E-state index is 1.33. The van der Waals surface area contributed by atoms with Gasteiger partial charge in [0.25, 0.3) is 0 Å². The predicted molar refractivity (Wildman–Crippen MR) is 191 cm³/mol. The molecule has 0 saturated heterocycles. The van der Waals surface area contributed by atoms with E-state index in [4.69, 9.17) is 0 Å². The second kappa shape index (κ2) is 37.5. The molecule has 0 heterocycles. The summed E-state index contributed by atoms with van der Waals surface area (Å²) in [5.41, 5.74) is 1.71. The maximum absolute atomic E-state index is 2.43. The van der Waals surface area contributed by atoms with Crippen molar-refractivity contribution < 1.29 is 0 Å². The van der Waals surface area contributed by atoms with Crippen LogP contribution in [0.5, 0.6) is 0 Å². The largest absolute Gasteiger partial charge is 0.0877 e. The van der Waals surface area contributed by atoms with Gasteiger partial charge in [-0.25, -0.2) is 0 Å². The molecule has 0 rings (SSSR count). The number of rotatable bonds is 35. The number of allylic oxidation sites excluding steroid dienone is 4. The summed E-state index contributed by atoms with van der Waals surface area (Å²) < 4.78 is 0. The van der Waals surface area contributed by atoms with Gasteiger partial charge < -0.3 is 0 Å². The molecule has 0 atom stereocenters. The Bertz CT molecular complexity index is 474. The molecular weight excluding hydrogens is 492 g/mol. The van der Waals surface area contributed by atoms with Gasteiger partial charge in [-0.15, -0.1) is 0 Å². The predicted octanol–water partition coefficient (Wildman–Crippen LogP) is 15.8. The second-order valence-corrected chi connectivity index (χ2v) is 13.5. The Morgan fingerprint density at radius 2 is 0.537 bits per heavy atom. The van der Waals surface area contributed by atoms with Crippen molar-refractivity contribution in [1.29, 1.82) is 0 Å². The molecule has 0 heteroatoms. The quantitative estimate of drug-likeness (QED) is 0.0523. The zero-order valence-corrected chi connectivity index (χ0v) is 29.3. The highest BCUT2D eigenvalue weighted by atomic mass is 14.1. The van der Waals surface area contributed by atoms with Gasteiger partial charge in [0, 0.05) is 0 Å². The summed E-state index contributed by atoms with van der Waals surface area (Å²) >= 11 is 0. The van der Waals surface area contributed by atoms with Crippen molar-refractivity contribution in [2.24, 2.45) is 0 Å². The summed E-state index contributed by atoms with van der Waals surface area (Å²) in [7, 11) is 0. The minimum atomic E-state index is 1.33. The van der Waals surface area contributed by atoms with Crippen molar-refractivity contribution in [1.82, 2.24) is 0 Å². The van der Waals surface area contributed by atoms with Crippen molar-refractivity contribution in [2.45, 2.75) is 239 Å². The average molecular weight is 573 g/mol. The molecule has 0 spiro atoms. The van der Waals surface area contributed by atoms with Crippen LogP contribution in [0.4, 0.5) is 0 Å². The van der Waals surface area contributed by atoms with Gasteiger partial charge in [-0.2, -0.15) is 0 Å². The SMILES string of the molecule is CC=CC=C(CCCCCCCCCCCCCCCCCC)CCCCCCCCCCCCCCCCCC. The molecule has 0 N–H and O–H groups in total. The Labute approximate surface area is 262 Å². The van der Waals surface area contributed by atoms with E-state index in [1.54, 1.807) is 5.57 Å². The first-order valence-electron chi connectivity index (χ1n) is 19.7. The fourth-order valence-electron chi connectivity index (χ4n) is 6.32. The van der Waals surface area contributed by atoms with E-state index in [1.165, 1.54) is 218 Å². The highest BCUT2D eigenvalue weighted by Crippen LogP contribution is 2.20. The highest BCUT2D eigenvalue weighted by Gasteiger charge is 2.00. The van der Waals surface area contributed by atoms with Crippen molar-refractivity contribution in [3.63, 3.8) is 0 Å². The van der Waals surface area contributed by atoms with Gasteiger partial charge in [-0.1, -0.05) is 230 Å². The minimum Gasteiger partial charge on any atom is -0.0877 e. The fraction of sp³-hybridized carbons (Fsp3) is 0.902. The number of hydrogen-bond acceptors (Lipinski definition) is 0. The maximum atomic E-state index is 2.43. The van der Waals surface area contributed by atoms with E-state index >= 15 is 0 Å². The van der Waals surface area contributed by atoms with Crippen LogP contribution in [0.15, 0.2) is 23.8 Å². The topological polar surface area (TPSA) is 0 Å². The number of unbranched alkanes of at least 4 members (excludes halogenated alkanes) is 30. The molecule has 0 aliphatic rings. The van der Waals surface area contributed by atoms with E-state index in [9.17, 15) is 0 Å². The van der Waals surface area contributed by atoms with E-state index < -0.39 is 0 Å². The molecule has 244 valence electrons. The van der Waals surface area contributed by atoms with Gasteiger partial charge >= 0.3 is 0 Å². The van der Waals surface area contributed by atoms with Crippen molar-refractivity contribution >= 4 is 0 Å². The van der Waals surface area contributed by atoms with E-state index in [1.807, 2.05) is 0 Å². The Morgan fingerprint density at radius 3 is 0.756 bits per heavy atom. The van der Waals surface area contributed by atoms with E-state index in [-0.39, 0.29) is 0 Å². The Balaban J connectivity index is 3.48. The lowest BCUT2D eigenvalue weighted by Gasteiger charge is -2.08. The summed E-state index contributed by atoms with van der Waals surface area (Å²) in [5.74, 6) is 0. The molecule has 0 amide bonds. The van der Waals surface area contributed by atoms with Crippen LogP contribution < -0.4 is 0 Å².